The third kappa shape index (κ3) is 2.44. The first-order valence-electron chi connectivity index (χ1n) is 6.38. The standard InChI is InChI=1S/C16H13ClINO/c1-9-3-2-4-12(16(9)18)15(17)10-5-6-13-11(7-10)8-14(20)19-13/h2-7,15H,8H2,1H3,(H,19,20). The average Bonchev–Trinajstić information content (AvgIpc) is 2.80. The Balaban J connectivity index is 1.99. The number of alkyl halides is 1. The summed E-state index contributed by atoms with van der Waals surface area (Å²) in [5.74, 6) is 0.0495. The van der Waals surface area contributed by atoms with Crippen LogP contribution in [-0.4, -0.2) is 5.91 Å². The molecule has 1 aliphatic rings. The third-order valence-corrected chi connectivity index (χ3v) is 5.50. The van der Waals surface area contributed by atoms with E-state index in [9.17, 15) is 4.79 Å². The van der Waals surface area contributed by atoms with Gasteiger partial charge in [-0.1, -0.05) is 30.3 Å². The second kappa shape index (κ2) is 5.37. The van der Waals surface area contributed by atoms with Crippen LogP contribution in [0.15, 0.2) is 36.4 Å². The molecule has 4 heteroatoms. The molecule has 2 nitrogen and oxygen atoms in total. The highest BCUT2D eigenvalue weighted by atomic mass is 127. The molecule has 1 heterocycles. The second-order valence-electron chi connectivity index (χ2n) is 4.98. The summed E-state index contributed by atoms with van der Waals surface area (Å²) < 4.78 is 1.19. The van der Waals surface area contributed by atoms with Crippen LogP contribution >= 0.6 is 34.2 Å². The van der Waals surface area contributed by atoms with E-state index in [4.69, 9.17) is 11.6 Å². The monoisotopic (exact) mass is 397 g/mol. The maximum Gasteiger partial charge on any atom is 0.228 e. The zero-order valence-electron chi connectivity index (χ0n) is 10.9. The number of carbonyl (C=O) groups is 1. The number of hydrogen-bond donors (Lipinski definition) is 1. The zero-order chi connectivity index (χ0) is 14.3. The highest BCUT2D eigenvalue weighted by molar-refractivity contribution is 14.1. The van der Waals surface area contributed by atoms with Crippen LogP contribution in [0.25, 0.3) is 0 Å². The number of hydrogen-bond acceptors (Lipinski definition) is 1. The molecule has 0 fully saturated rings. The van der Waals surface area contributed by atoms with Crippen molar-refractivity contribution in [2.45, 2.75) is 18.7 Å². The van der Waals surface area contributed by atoms with Crippen molar-refractivity contribution >= 4 is 45.8 Å². The van der Waals surface area contributed by atoms with Gasteiger partial charge in [0.2, 0.25) is 5.91 Å². The van der Waals surface area contributed by atoms with Crippen LogP contribution in [0.4, 0.5) is 5.69 Å². The number of carbonyl (C=O) groups excluding carboxylic acids is 1. The van der Waals surface area contributed by atoms with Gasteiger partial charge < -0.3 is 5.32 Å². The Morgan fingerprint density at radius 2 is 2.10 bits per heavy atom. The lowest BCUT2D eigenvalue weighted by Crippen LogP contribution is -2.03. The summed E-state index contributed by atoms with van der Waals surface area (Å²) in [5.41, 5.74) is 5.31. The molecule has 0 spiro atoms. The average molecular weight is 398 g/mol. The first-order chi connectivity index (χ1) is 9.56. The molecule has 20 heavy (non-hydrogen) atoms. The third-order valence-electron chi connectivity index (χ3n) is 3.54. The molecule has 3 rings (SSSR count). The Hall–Kier alpha value is -1.07. The fourth-order valence-electron chi connectivity index (χ4n) is 2.45. The molecule has 1 aliphatic heterocycles. The van der Waals surface area contributed by atoms with E-state index in [0.29, 0.717) is 6.42 Å². The van der Waals surface area contributed by atoms with Crippen LogP contribution in [0.3, 0.4) is 0 Å². The molecule has 2 aromatic rings. The van der Waals surface area contributed by atoms with E-state index in [1.54, 1.807) is 0 Å². The first-order valence-corrected chi connectivity index (χ1v) is 7.89. The number of rotatable bonds is 2. The summed E-state index contributed by atoms with van der Waals surface area (Å²) in [7, 11) is 0. The quantitative estimate of drug-likeness (QED) is 0.590. The molecular formula is C16H13ClINO. The van der Waals surface area contributed by atoms with Gasteiger partial charge in [0.1, 0.15) is 0 Å². The molecule has 1 atom stereocenters. The molecule has 0 aromatic heterocycles. The maximum atomic E-state index is 11.4. The molecule has 0 aliphatic carbocycles. The van der Waals surface area contributed by atoms with Crippen LogP contribution in [-0.2, 0) is 11.2 Å². The van der Waals surface area contributed by atoms with Gasteiger partial charge in [-0.05, 0) is 57.8 Å². The van der Waals surface area contributed by atoms with Gasteiger partial charge in [-0.3, -0.25) is 4.79 Å². The van der Waals surface area contributed by atoms with Crippen molar-refractivity contribution in [2.24, 2.45) is 0 Å². The lowest BCUT2D eigenvalue weighted by molar-refractivity contribution is -0.115. The van der Waals surface area contributed by atoms with Crippen molar-refractivity contribution in [3.8, 4) is 0 Å². The van der Waals surface area contributed by atoms with E-state index >= 15 is 0 Å². The molecular weight excluding hydrogens is 385 g/mol. The van der Waals surface area contributed by atoms with Gasteiger partial charge in [0.05, 0.1) is 11.8 Å². The van der Waals surface area contributed by atoms with Crippen molar-refractivity contribution < 1.29 is 4.79 Å². The van der Waals surface area contributed by atoms with Crippen molar-refractivity contribution in [3.05, 3.63) is 62.2 Å². The van der Waals surface area contributed by atoms with Gasteiger partial charge in [0.15, 0.2) is 0 Å². The van der Waals surface area contributed by atoms with Crippen LogP contribution in [0, 0.1) is 10.5 Å². The molecule has 0 bridgehead atoms. The van der Waals surface area contributed by atoms with Gasteiger partial charge in [-0.2, -0.15) is 0 Å². The SMILES string of the molecule is Cc1cccc(C(Cl)c2ccc3c(c2)CC(=O)N3)c1I. The van der Waals surface area contributed by atoms with Crippen molar-refractivity contribution in [3.63, 3.8) is 0 Å². The normalized spacial score (nSPS) is 14.8. The minimum atomic E-state index is -0.192. The van der Waals surface area contributed by atoms with Gasteiger partial charge in [-0.25, -0.2) is 0 Å². The zero-order valence-corrected chi connectivity index (χ0v) is 13.8. The molecule has 1 unspecified atom stereocenters. The summed E-state index contributed by atoms with van der Waals surface area (Å²) in [5, 5.41) is 2.65. The minimum Gasteiger partial charge on any atom is -0.326 e. The predicted molar refractivity (Wildman–Crippen MR) is 90.4 cm³/mol. The van der Waals surface area contributed by atoms with E-state index in [0.717, 1.165) is 22.4 Å². The number of fused-ring (bicyclic) bond motifs is 1. The maximum absolute atomic E-state index is 11.4. The van der Waals surface area contributed by atoms with Gasteiger partial charge >= 0.3 is 0 Å². The summed E-state index contributed by atoms with van der Waals surface area (Å²) in [6.45, 7) is 2.08. The Labute approximate surface area is 136 Å². The minimum absolute atomic E-state index is 0.0495. The fraction of sp³-hybridized carbons (Fsp3) is 0.188. The molecule has 0 saturated heterocycles. The molecule has 0 radical (unpaired) electrons. The number of halogens is 2. The van der Waals surface area contributed by atoms with Crippen LogP contribution in [0.2, 0.25) is 0 Å². The van der Waals surface area contributed by atoms with Crippen LogP contribution < -0.4 is 5.32 Å². The predicted octanol–water partition coefficient (Wildman–Crippen LogP) is 4.42. The number of anilines is 1. The largest absolute Gasteiger partial charge is 0.326 e. The number of aryl methyl sites for hydroxylation is 1. The second-order valence-corrected chi connectivity index (χ2v) is 6.50. The Morgan fingerprint density at radius 1 is 1.30 bits per heavy atom. The number of benzene rings is 2. The van der Waals surface area contributed by atoms with Gasteiger partial charge in [-0.15, -0.1) is 11.6 Å². The highest BCUT2D eigenvalue weighted by Gasteiger charge is 2.21. The van der Waals surface area contributed by atoms with Crippen LogP contribution in [0.5, 0.6) is 0 Å². The molecule has 1 N–H and O–H groups in total. The topological polar surface area (TPSA) is 29.1 Å². The highest BCUT2D eigenvalue weighted by Crippen LogP contribution is 2.35. The van der Waals surface area contributed by atoms with Crippen molar-refractivity contribution in [2.75, 3.05) is 5.32 Å². The molecule has 1 amide bonds. The fourth-order valence-corrected chi connectivity index (χ4v) is 3.62. The number of nitrogens with one attached hydrogen (secondary N) is 1. The van der Waals surface area contributed by atoms with E-state index in [1.165, 1.54) is 9.13 Å². The lowest BCUT2D eigenvalue weighted by Gasteiger charge is -2.15. The van der Waals surface area contributed by atoms with Crippen molar-refractivity contribution in [1.82, 2.24) is 0 Å². The molecule has 2 aromatic carbocycles. The van der Waals surface area contributed by atoms with E-state index < -0.39 is 0 Å². The summed E-state index contributed by atoms with van der Waals surface area (Å²) in [6, 6.07) is 12.1. The first kappa shape index (κ1) is 13.9. The summed E-state index contributed by atoms with van der Waals surface area (Å²) in [4.78, 5) is 11.4. The van der Waals surface area contributed by atoms with Crippen molar-refractivity contribution in [1.29, 1.82) is 0 Å². The Morgan fingerprint density at radius 3 is 2.90 bits per heavy atom. The molecule has 102 valence electrons. The lowest BCUT2D eigenvalue weighted by atomic mass is 10.00. The number of amides is 1. The smallest absolute Gasteiger partial charge is 0.228 e. The van der Waals surface area contributed by atoms with E-state index in [1.807, 2.05) is 24.3 Å². The Bertz CT molecular complexity index is 699. The van der Waals surface area contributed by atoms with E-state index in [-0.39, 0.29) is 11.3 Å². The summed E-state index contributed by atoms with van der Waals surface area (Å²) in [6.07, 6.45) is 0.442. The summed E-state index contributed by atoms with van der Waals surface area (Å²) >= 11 is 8.97. The van der Waals surface area contributed by atoms with Gasteiger partial charge in [0, 0.05) is 9.26 Å². The Kier molecular flexibility index (Phi) is 3.73. The van der Waals surface area contributed by atoms with Gasteiger partial charge in [0.25, 0.3) is 0 Å². The molecule has 0 saturated carbocycles. The van der Waals surface area contributed by atoms with E-state index in [2.05, 4.69) is 47.0 Å². The van der Waals surface area contributed by atoms with Crippen LogP contribution in [0.1, 0.15) is 27.6 Å².